The van der Waals surface area contributed by atoms with Crippen LogP contribution in [0.4, 0.5) is 0 Å². The molecule has 1 aromatic heterocycles. The molecule has 4 amide bonds. The average molecular weight is 1010 g/mol. The van der Waals surface area contributed by atoms with Gasteiger partial charge in [0.25, 0.3) is 5.91 Å². The minimum atomic E-state index is -0.922. The number of carbonyl (C=O) groups is 4. The van der Waals surface area contributed by atoms with E-state index in [1.165, 1.54) is 4.90 Å². The summed E-state index contributed by atoms with van der Waals surface area (Å²) in [6, 6.07) is 19.7. The van der Waals surface area contributed by atoms with Crippen molar-refractivity contribution in [2.24, 2.45) is 16.2 Å². The van der Waals surface area contributed by atoms with Crippen molar-refractivity contribution in [3.05, 3.63) is 99.6 Å². The molecule has 4 N–H and O–H groups in total. The lowest BCUT2D eigenvalue weighted by atomic mass is 9.49. The number of rotatable bonds is 17. The van der Waals surface area contributed by atoms with E-state index in [1.807, 2.05) is 69.3 Å². The fraction of sp³-hybridized carbons (Fsp3) is 0.519. The van der Waals surface area contributed by atoms with Gasteiger partial charge >= 0.3 is 0 Å². The summed E-state index contributed by atoms with van der Waals surface area (Å²) in [4.78, 5) is 63.8. The Balaban J connectivity index is 0.816. The van der Waals surface area contributed by atoms with Crippen molar-refractivity contribution >= 4 is 46.6 Å². The summed E-state index contributed by atoms with van der Waals surface area (Å²) in [6.45, 7) is 19.8. The quantitative estimate of drug-likeness (QED) is 0.0766. The van der Waals surface area contributed by atoms with Crippen LogP contribution in [0, 0.1) is 34.5 Å². The summed E-state index contributed by atoms with van der Waals surface area (Å²) >= 11 is 7.82. The van der Waals surface area contributed by atoms with E-state index in [1.54, 1.807) is 53.8 Å². The summed E-state index contributed by atoms with van der Waals surface area (Å²) in [5.74, 6) is -0.0495. The van der Waals surface area contributed by atoms with Gasteiger partial charge in [0.15, 0.2) is 0 Å². The highest BCUT2D eigenvalue weighted by Crippen LogP contribution is 2.55. The van der Waals surface area contributed by atoms with Gasteiger partial charge in [-0.25, -0.2) is 4.98 Å². The molecule has 3 heterocycles. The number of nitrogens with zero attached hydrogens (tertiary/aromatic N) is 4. The molecule has 0 radical (unpaired) electrons. The third kappa shape index (κ3) is 12.4. The standard InChI is InChI=1S/C54H68ClN7O8S/c1-32(34-10-12-35(13-11-34)45-33(2)57-31-71-45)58-48(66)43-26-38(63)29-62(43)49(67)46(52(3,4)5)59-44(64)30-61-22-20-40(21-23-61)69-25-24-68-39-17-14-36(15-18-39)47(65)60-50-53(6,7)51(54(50,8)9)70-41-19-16-37(28-56)42(55)27-41/h10-19,27,31-32,38,40,43,46,50-51,63H,20-26,29-30H2,1-9H3,(H,58,66)(H,59,64)(H,60,65)/t32-,38+,43-,46+,50?,51?/m0/s1. The molecule has 4 aromatic rings. The highest BCUT2D eigenvalue weighted by atomic mass is 35.5. The van der Waals surface area contributed by atoms with E-state index in [2.05, 4.69) is 54.7 Å². The fourth-order valence-electron chi connectivity index (χ4n) is 10.5. The Hall–Kier alpha value is -5.57. The van der Waals surface area contributed by atoms with Crippen LogP contribution in [-0.2, 0) is 19.1 Å². The minimum absolute atomic E-state index is 0.000369. The predicted octanol–water partition coefficient (Wildman–Crippen LogP) is 7.49. The molecular formula is C54H68ClN7O8S. The SMILES string of the molecule is Cc1ncsc1-c1ccc([C@H](C)NC(=O)[C@@H]2C[C@@H](O)CN2C(=O)[C@@H](NC(=O)CN2CCC(OCCOc3ccc(C(=O)NC4C(C)(C)C(Oc5ccc(C#N)c(Cl)c5)C4(C)C)cc3)CC2)C(C)(C)C)cc1. The largest absolute Gasteiger partial charge is 0.491 e. The third-order valence-electron chi connectivity index (χ3n) is 14.2. The number of thiazole rings is 1. The van der Waals surface area contributed by atoms with E-state index in [0.717, 1.165) is 34.5 Å². The smallest absolute Gasteiger partial charge is 0.251 e. The lowest BCUT2D eigenvalue weighted by molar-refractivity contribution is -0.164. The number of amides is 4. The zero-order chi connectivity index (χ0) is 51.4. The molecule has 3 aromatic carbocycles. The predicted molar refractivity (Wildman–Crippen MR) is 273 cm³/mol. The Labute approximate surface area is 426 Å². The number of aryl methyl sites for hydroxylation is 1. The van der Waals surface area contributed by atoms with Crippen molar-refractivity contribution in [3.63, 3.8) is 0 Å². The van der Waals surface area contributed by atoms with Crippen molar-refractivity contribution < 1.29 is 38.5 Å². The molecule has 0 spiro atoms. The van der Waals surface area contributed by atoms with E-state index in [0.29, 0.717) is 54.0 Å². The molecule has 0 bridgehead atoms. The number of piperidine rings is 1. The topological polar surface area (TPSA) is 195 Å². The van der Waals surface area contributed by atoms with Crippen LogP contribution < -0.4 is 25.4 Å². The van der Waals surface area contributed by atoms with Crippen molar-refractivity contribution in [3.8, 4) is 28.0 Å². The van der Waals surface area contributed by atoms with Gasteiger partial charge in [0.2, 0.25) is 17.7 Å². The second kappa shape index (κ2) is 22.0. The average Bonchev–Trinajstić information content (AvgIpc) is 3.95. The van der Waals surface area contributed by atoms with Crippen LogP contribution >= 0.6 is 22.9 Å². The Morgan fingerprint density at radius 1 is 0.958 bits per heavy atom. The first-order valence-corrected chi connectivity index (χ1v) is 25.6. The zero-order valence-corrected chi connectivity index (χ0v) is 43.8. The highest BCUT2D eigenvalue weighted by Gasteiger charge is 2.64. The van der Waals surface area contributed by atoms with Crippen LogP contribution in [0.3, 0.4) is 0 Å². The van der Waals surface area contributed by atoms with E-state index in [-0.39, 0.29) is 61.5 Å². The maximum absolute atomic E-state index is 14.2. The number of hydrogen-bond acceptors (Lipinski definition) is 12. The number of nitrogens with one attached hydrogen (secondary N) is 3. The normalized spacial score (nSPS) is 21.8. The van der Waals surface area contributed by atoms with Crippen molar-refractivity contribution in [1.29, 1.82) is 5.26 Å². The molecule has 15 nitrogen and oxygen atoms in total. The van der Waals surface area contributed by atoms with E-state index < -0.39 is 40.3 Å². The molecule has 3 aliphatic rings. The van der Waals surface area contributed by atoms with Crippen LogP contribution in [0.25, 0.3) is 10.4 Å². The van der Waals surface area contributed by atoms with Gasteiger partial charge in [0.1, 0.15) is 42.4 Å². The van der Waals surface area contributed by atoms with Crippen LogP contribution in [0.2, 0.25) is 5.02 Å². The fourth-order valence-corrected chi connectivity index (χ4v) is 11.6. The number of benzene rings is 3. The Bertz CT molecular complexity index is 2570. The zero-order valence-electron chi connectivity index (χ0n) is 42.2. The Kier molecular flexibility index (Phi) is 16.5. The van der Waals surface area contributed by atoms with Crippen molar-refractivity contribution in [2.45, 2.75) is 124 Å². The maximum Gasteiger partial charge on any atom is 0.251 e. The number of carbonyl (C=O) groups excluding carboxylic acids is 4. The van der Waals surface area contributed by atoms with Crippen molar-refractivity contribution in [1.82, 2.24) is 30.7 Å². The van der Waals surface area contributed by atoms with Gasteiger partial charge in [-0.2, -0.15) is 5.26 Å². The van der Waals surface area contributed by atoms with Crippen LogP contribution in [0.5, 0.6) is 11.5 Å². The first kappa shape index (κ1) is 53.2. The molecule has 1 aliphatic carbocycles. The van der Waals surface area contributed by atoms with Crippen LogP contribution in [-0.4, -0.2) is 119 Å². The molecule has 17 heteroatoms. The molecular weight excluding hydrogens is 942 g/mol. The molecule has 0 unspecified atom stereocenters. The van der Waals surface area contributed by atoms with Gasteiger partial charge in [0, 0.05) is 54.6 Å². The summed E-state index contributed by atoms with van der Waals surface area (Å²) in [5.41, 5.74) is 4.17. The highest BCUT2D eigenvalue weighted by molar-refractivity contribution is 7.13. The molecule has 71 heavy (non-hydrogen) atoms. The van der Waals surface area contributed by atoms with Crippen molar-refractivity contribution in [2.75, 3.05) is 39.4 Å². The summed E-state index contributed by atoms with van der Waals surface area (Å²) in [5, 5.41) is 29.5. The van der Waals surface area contributed by atoms with Crippen LogP contribution in [0.15, 0.2) is 72.2 Å². The molecule has 1 saturated carbocycles. The van der Waals surface area contributed by atoms with E-state index in [4.69, 9.17) is 25.8 Å². The monoisotopic (exact) mass is 1010 g/mol. The third-order valence-corrected chi connectivity index (χ3v) is 15.5. The number of aliphatic hydroxyl groups is 1. The van der Waals surface area contributed by atoms with E-state index in [9.17, 15) is 29.5 Å². The van der Waals surface area contributed by atoms with Gasteiger partial charge < -0.3 is 40.2 Å². The Morgan fingerprint density at radius 2 is 1.62 bits per heavy atom. The number of nitriles is 1. The maximum atomic E-state index is 14.2. The number of aliphatic hydroxyl groups excluding tert-OH is 1. The lowest BCUT2D eigenvalue weighted by Crippen LogP contribution is -2.74. The second-order valence-corrected chi connectivity index (χ2v) is 22.7. The van der Waals surface area contributed by atoms with Gasteiger partial charge in [-0.1, -0.05) is 84.3 Å². The first-order chi connectivity index (χ1) is 33.6. The Morgan fingerprint density at radius 3 is 2.23 bits per heavy atom. The molecule has 3 fully saturated rings. The summed E-state index contributed by atoms with van der Waals surface area (Å²) in [7, 11) is 0. The first-order valence-electron chi connectivity index (χ1n) is 24.4. The molecule has 2 aliphatic heterocycles. The molecule has 4 atom stereocenters. The number of hydrogen-bond donors (Lipinski definition) is 4. The minimum Gasteiger partial charge on any atom is -0.491 e. The lowest BCUT2D eigenvalue weighted by Gasteiger charge is -2.63. The van der Waals surface area contributed by atoms with Gasteiger partial charge in [-0.15, -0.1) is 11.3 Å². The summed E-state index contributed by atoms with van der Waals surface area (Å²) in [6.07, 6.45) is 0.465. The molecule has 380 valence electrons. The molecule has 7 rings (SSSR count). The van der Waals surface area contributed by atoms with Gasteiger partial charge in [-0.05, 0) is 79.6 Å². The second-order valence-electron chi connectivity index (χ2n) is 21.4. The number of aromatic nitrogens is 1. The van der Waals surface area contributed by atoms with Gasteiger partial charge in [0.05, 0.1) is 58.1 Å². The van der Waals surface area contributed by atoms with Gasteiger partial charge in [-0.3, -0.25) is 24.1 Å². The number of likely N-dealkylation sites (tertiary alicyclic amines) is 2. The number of ether oxygens (including phenoxy) is 3. The molecule has 2 saturated heterocycles. The number of halogens is 1. The van der Waals surface area contributed by atoms with E-state index >= 15 is 0 Å². The van der Waals surface area contributed by atoms with Crippen LogP contribution in [0.1, 0.15) is 108 Å². The number of β-amino-alcohol motifs (C(OH)–C–C–N with tert-alkyl or cyclic N) is 1. The summed E-state index contributed by atoms with van der Waals surface area (Å²) < 4.78 is 18.4.